The Labute approximate surface area is 230 Å². The second-order valence-corrected chi connectivity index (χ2v) is 10.2. The summed E-state index contributed by atoms with van der Waals surface area (Å²) in [4.78, 5) is 17.5. The quantitative estimate of drug-likeness (QED) is 0.235. The number of hydrogen-bond acceptors (Lipinski definition) is 5. The second kappa shape index (κ2) is 13.2. The maximum absolute atomic E-state index is 13.9. The van der Waals surface area contributed by atoms with Gasteiger partial charge in [-0.25, -0.2) is 0 Å². The summed E-state index contributed by atoms with van der Waals surface area (Å²) >= 11 is 0. The molecule has 2 aliphatic heterocycles. The van der Waals surface area contributed by atoms with Crippen LogP contribution in [0.1, 0.15) is 65.6 Å². The van der Waals surface area contributed by atoms with E-state index in [-0.39, 0.29) is 24.7 Å². The number of piperidine rings is 2. The van der Waals surface area contributed by atoms with Crippen molar-refractivity contribution in [1.29, 1.82) is 0 Å². The fourth-order valence-electron chi connectivity index (χ4n) is 5.19. The molecule has 2 aromatic rings. The Morgan fingerprint density at radius 1 is 0.625 bits per heavy atom. The highest BCUT2D eigenvalue weighted by Gasteiger charge is 2.40. The molecule has 0 amide bonds. The molecule has 2 heterocycles. The van der Waals surface area contributed by atoms with Gasteiger partial charge in [0.15, 0.2) is 5.78 Å². The molecular formula is C29H34F6N2O3. The van der Waals surface area contributed by atoms with Gasteiger partial charge in [-0.15, -0.1) is 0 Å². The van der Waals surface area contributed by atoms with Crippen LogP contribution in [0.4, 0.5) is 26.3 Å². The van der Waals surface area contributed by atoms with Crippen molar-refractivity contribution in [3.63, 3.8) is 0 Å². The second-order valence-electron chi connectivity index (χ2n) is 10.2. The molecule has 11 heteroatoms. The van der Waals surface area contributed by atoms with Crippen molar-refractivity contribution in [3.8, 4) is 11.5 Å². The highest BCUT2D eigenvalue weighted by molar-refractivity contribution is 6.11. The van der Waals surface area contributed by atoms with Gasteiger partial charge in [0.1, 0.15) is 24.7 Å². The van der Waals surface area contributed by atoms with Crippen LogP contribution >= 0.6 is 0 Å². The summed E-state index contributed by atoms with van der Waals surface area (Å²) in [7, 11) is 0. The lowest BCUT2D eigenvalue weighted by molar-refractivity contribution is -0.138. The molecule has 2 fully saturated rings. The van der Waals surface area contributed by atoms with Crippen molar-refractivity contribution < 1.29 is 40.6 Å². The monoisotopic (exact) mass is 572 g/mol. The number of likely N-dealkylation sites (tertiary alicyclic amines) is 2. The van der Waals surface area contributed by atoms with Crippen molar-refractivity contribution in [2.75, 3.05) is 52.5 Å². The predicted molar refractivity (Wildman–Crippen MR) is 138 cm³/mol. The molecule has 2 aliphatic rings. The normalized spacial score (nSPS) is 17.6. The Balaban J connectivity index is 1.51. The maximum atomic E-state index is 13.9. The molecule has 0 aliphatic carbocycles. The van der Waals surface area contributed by atoms with Crippen LogP contribution in [0.25, 0.3) is 0 Å². The molecule has 0 N–H and O–H groups in total. The lowest BCUT2D eigenvalue weighted by Gasteiger charge is -2.26. The third kappa shape index (κ3) is 8.13. The number of carbonyl (C=O) groups excluding carboxylic acids is 1. The molecule has 2 saturated heterocycles. The fraction of sp³-hybridized carbons (Fsp3) is 0.552. The van der Waals surface area contributed by atoms with E-state index in [1.807, 2.05) is 0 Å². The molecule has 40 heavy (non-hydrogen) atoms. The third-order valence-electron chi connectivity index (χ3n) is 7.33. The summed E-state index contributed by atoms with van der Waals surface area (Å²) in [6.45, 7) is 4.99. The summed E-state index contributed by atoms with van der Waals surface area (Å²) in [5.74, 6) is -1.58. The van der Waals surface area contributed by atoms with Crippen LogP contribution in [0.15, 0.2) is 36.4 Å². The van der Waals surface area contributed by atoms with E-state index in [9.17, 15) is 31.1 Å². The fourth-order valence-corrected chi connectivity index (χ4v) is 5.19. The summed E-state index contributed by atoms with van der Waals surface area (Å²) in [5, 5.41) is 0. The van der Waals surface area contributed by atoms with Crippen LogP contribution in [0, 0.1) is 0 Å². The van der Waals surface area contributed by atoms with Gasteiger partial charge in [-0.2, -0.15) is 26.3 Å². The average molecular weight is 573 g/mol. The Hall–Kier alpha value is -2.79. The summed E-state index contributed by atoms with van der Waals surface area (Å²) in [6, 6.07) is 5.48. The SMILES string of the molecule is O=C(c1ccc(OCCN2CCCCC2)cc1C(F)(F)F)c1ccc(OCCN2CCCCC2)cc1C(F)(F)F. The van der Waals surface area contributed by atoms with E-state index < -0.39 is 40.4 Å². The van der Waals surface area contributed by atoms with Crippen LogP contribution in [-0.4, -0.2) is 68.1 Å². The first-order chi connectivity index (χ1) is 19.0. The van der Waals surface area contributed by atoms with Crippen LogP contribution in [-0.2, 0) is 12.4 Å². The van der Waals surface area contributed by atoms with Crippen molar-refractivity contribution in [3.05, 3.63) is 58.7 Å². The standard InChI is InChI=1S/C29H34F6N2O3/c30-28(31,32)25-19-21(39-17-15-36-11-3-1-4-12-36)7-9-23(25)27(38)24-10-8-22(20-26(24)29(33,34)35)40-18-16-37-13-5-2-6-14-37/h7-10,19-20H,1-6,11-18H2. The Morgan fingerprint density at radius 2 is 1.00 bits per heavy atom. The predicted octanol–water partition coefficient (Wildman–Crippen LogP) is 6.68. The van der Waals surface area contributed by atoms with Gasteiger partial charge in [0.25, 0.3) is 0 Å². The van der Waals surface area contributed by atoms with Gasteiger partial charge < -0.3 is 9.47 Å². The van der Waals surface area contributed by atoms with Crippen LogP contribution in [0.2, 0.25) is 0 Å². The number of carbonyl (C=O) groups is 1. The van der Waals surface area contributed by atoms with E-state index in [1.165, 1.54) is 12.1 Å². The first kappa shape index (κ1) is 30.2. The number of ketones is 1. The Kier molecular flexibility index (Phi) is 9.99. The molecule has 0 saturated carbocycles. The van der Waals surface area contributed by atoms with E-state index in [4.69, 9.17) is 9.47 Å². The first-order valence-electron chi connectivity index (χ1n) is 13.7. The van der Waals surface area contributed by atoms with Crippen LogP contribution in [0.5, 0.6) is 11.5 Å². The number of halogens is 6. The zero-order valence-corrected chi connectivity index (χ0v) is 22.3. The van der Waals surface area contributed by atoms with Gasteiger partial charge in [0, 0.05) is 24.2 Å². The molecular weight excluding hydrogens is 538 g/mol. The Bertz CT molecular complexity index is 1050. The minimum Gasteiger partial charge on any atom is -0.492 e. The van der Waals surface area contributed by atoms with Crippen molar-refractivity contribution in [2.24, 2.45) is 0 Å². The highest BCUT2D eigenvalue weighted by atomic mass is 19.4. The largest absolute Gasteiger partial charge is 0.492 e. The topological polar surface area (TPSA) is 42.0 Å². The van der Waals surface area contributed by atoms with E-state index in [0.717, 1.165) is 76.8 Å². The molecule has 0 radical (unpaired) electrons. The molecule has 0 unspecified atom stereocenters. The number of rotatable bonds is 10. The minimum atomic E-state index is -4.98. The zero-order valence-electron chi connectivity index (χ0n) is 22.3. The first-order valence-corrected chi connectivity index (χ1v) is 13.7. The molecule has 5 nitrogen and oxygen atoms in total. The molecule has 0 aromatic heterocycles. The minimum absolute atomic E-state index is 0.102. The van der Waals surface area contributed by atoms with Gasteiger partial charge in [0.05, 0.1) is 11.1 Å². The van der Waals surface area contributed by atoms with Gasteiger partial charge >= 0.3 is 12.4 Å². The summed E-state index contributed by atoms with van der Waals surface area (Å²) < 4.78 is 94.7. The third-order valence-corrected chi connectivity index (χ3v) is 7.33. The number of hydrogen-bond donors (Lipinski definition) is 0. The lowest BCUT2D eigenvalue weighted by atomic mass is 9.94. The van der Waals surface area contributed by atoms with Crippen molar-refractivity contribution in [2.45, 2.75) is 50.9 Å². The highest BCUT2D eigenvalue weighted by Crippen LogP contribution is 2.39. The van der Waals surface area contributed by atoms with Crippen LogP contribution < -0.4 is 9.47 Å². The van der Waals surface area contributed by atoms with E-state index in [1.54, 1.807) is 0 Å². The van der Waals surface area contributed by atoms with Crippen LogP contribution in [0.3, 0.4) is 0 Å². The molecule has 2 aromatic carbocycles. The zero-order chi connectivity index (χ0) is 28.8. The molecule has 0 bridgehead atoms. The lowest BCUT2D eigenvalue weighted by Crippen LogP contribution is -2.33. The summed E-state index contributed by atoms with van der Waals surface area (Å²) in [6.07, 6.45) is -3.44. The molecule has 220 valence electrons. The molecule has 0 atom stereocenters. The summed E-state index contributed by atoms with van der Waals surface area (Å²) in [5.41, 5.74) is -4.44. The van der Waals surface area contributed by atoms with E-state index in [0.29, 0.717) is 25.2 Å². The smallest absolute Gasteiger partial charge is 0.417 e. The molecule has 0 spiro atoms. The van der Waals surface area contributed by atoms with E-state index in [2.05, 4.69) is 9.80 Å². The number of nitrogens with zero attached hydrogens (tertiary/aromatic N) is 2. The van der Waals surface area contributed by atoms with Gasteiger partial charge in [-0.1, -0.05) is 12.8 Å². The molecule has 4 rings (SSSR count). The van der Waals surface area contributed by atoms with E-state index >= 15 is 0 Å². The van der Waals surface area contributed by atoms with Crippen molar-refractivity contribution in [1.82, 2.24) is 9.80 Å². The maximum Gasteiger partial charge on any atom is 0.417 e. The van der Waals surface area contributed by atoms with Gasteiger partial charge in [-0.05, 0) is 88.3 Å². The average Bonchev–Trinajstić information content (AvgIpc) is 2.93. The Morgan fingerprint density at radius 3 is 1.35 bits per heavy atom. The number of benzene rings is 2. The van der Waals surface area contributed by atoms with Crippen molar-refractivity contribution >= 4 is 5.78 Å². The number of alkyl halides is 6. The number of ether oxygens (including phenoxy) is 2. The van der Waals surface area contributed by atoms with Gasteiger partial charge in [-0.3, -0.25) is 14.6 Å². The van der Waals surface area contributed by atoms with Gasteiger partial charge in [0.2, 0.25) is 0 Å².